The van der Waals surface area contributed by atoms with Crippen LogP contribution in [0.1, 0.15) is 10.4 Å². The average Bonchev–Trinajstić information content (AvgIpc) is 2.82. The van der Waals surface area contributed by atoms with E-state index in [1.807, 2.05) is 0 Å². The quantitative estimate of drug-likeness (QED) is 0.781. The Hall–Kier alpha value is -2.28. The summed E-state index contributed by atoms with van der Waals surface area (Å²) in [6.45, 7) is 0. The van der Waals surface area contributed by atoms with Gasteiger partial charge in [-0.05, 0) is 24.3 Å². The molecule has 0 saturated heterocycles. The summed E-state index contributed by atoms with van der Waals surface area (Å²) in [6.07, 6.45) is 2.83. The van der Waals surface area contributed by atoms with E-state index in [1.165, 1.54) is 42.7 Å². The first-order chi connectivity index (χ1) is 8.49. The summed E-state index contributed by atoms with van der Waals surface area (Å²) in [5, 5.41) is 8.81. The lowest BCUT2D eigenvalue weighted by molar-refractivity contribution is 0.0697. The van der Waals surface area contributed by atoms with Gasteiger partial charge in [0.25, 0.3) is 10.0 Å². The molecule has 0 atom stereocenters. The van der Waals surface area contributed by atoms with Crippen LogP contribution in [-0.4, -0.2) is 24.5 Å². The molecule has 0 spiro atoms. The Kier molecular flexibility index (Phi) is 3.07. The molecule has 1 aromatic heterocycles. The third-order valence-corrected chi connectivity index (χ3v) is 3.62. The maximum absolute atomic E-state index is 11.9. The summed E-state index contributed by atoms with van der Waals surface area (Å²) in [5.74, 6) is -1.11. The van der Waals surface area contributed by atoms with Gasteiger partial charge in [0.2, 0.25) is 0 Å². The Bertz CT molecular complexity index is 662. The Morgan fingerprint density at radius 3 is 2.67 bits per heavy atom. The summed E-state index contributed by atoms with van der Waals surface area (Å²) >= 11 is 0. The van der Waals surface area contributed by atoms with Crippen molar-refractivity contribution < 1.29 is 18.3 Å². The van der Waals surface area contributed by atoms with Crippen LogP contribution >= 0.6 is 0 Å². The number of carbonyl (C=O) groups is 1. The molecular weight excluding hydrogens is 256 g/mol. The smallest absolute Gasteiger partial charge is 0.335 e. The highest BCUT2D eigenvalue weighted by atomic mass is 32.2. The van der Waals surface area contributed by atoms with E-state index >= 15 is 0 Å². The van der Waals surface area contributed by atoms with Crippen LogP contribution in [-0.2, 0) is 10.0 Å². The SMILES string of the molecule is O=C(O)c1cccc(NS(=O)(=O)c2cc[nH]c2)c1. The molecule has 2 aromatic rings. The van der Waals surface area contributed by atoms with Gasteiger partial charge in [-0.15, -0.1) is 0 Å². The number of aromatic amines is 1. The molecule has 0 fully saturated rings. The number of anilines is 1. The molecule has 94 valence electrons. The number of H-pyrrole nitrogens is 1. The van der Waals surface area contributed by atoms with Crippen molar-refractivity contribution in [1.29, 1.82) is 0 Å². The monoisotopic (exact) mass is 266 g/mol. The van der Waals surface area contributed by atoms with Crippen LogP contribution < -0.4 is 4.72 Å². The van der Waals surface area contributed by atoms with Crippen molar-refractivity contribution in [3.8, 4) is 0 Å². The minimum absolute atomic E-state index is 0.0178. The third-order valence-electron chi connectivity index (χ3n) is 2.24. The summed E-state index contributed by atoms with van der Waals surface area (Å²) in [7, 11) is -3.69. The molecular formula is C11H10N2O4S. The van der Waals surface area contributed by atoms with Crippen molar-refractivity contribution in [2.24, 2.45) is 0 Å². The first-order valence-corrected chi connectivity index (χ1v) is 6.46. The van der Waals surface area contributed by atoms with E-state index in [0.29, 0.717) is 0 Å². The van der Waals surface area contributed by atoms with Crippen LogP contribution in [0.2, 0.25) is 0 Å². The molecule has 0 radical (unpaired) electrons. The van der Waals surface area contributed by atoms with Gasteiger partial charge in [0, 0.05) is 18.1 Å². The lowest BCUT2D eigenvalue weighted by atomic mass is 10.2. The van der Waals surface area contributed by atoms with Gasteiger partial charge < -0.3 is 10.1 Å². The van der Waals surface area contributed by atoms with Crippen LogP contribution in [0.5, 0.6) is 0 Å². The summed E-state index contributed by atoms with van der Waals surface area (Å²) < 4.78 is 26.0. The number of hydrogen-bond donors (Lipinski definition) is 3. The van der Waals surface area contributed by atoms with E-state index in [-0.39, 0.29) is 16.1 Å². The predicted molar refractivity (Wildman–Crippen MR) is 65.0 cm³/mol. The fraction of sp³-hybridized carbons (Fsp3) is 0. The normalized spacial score (nSPS) is 11.1. The molecule has 0 aliphatic carbocycles. The number of aromatic carboxylic acids is 1. The van der Waals surface area contributed by atoms with Crippen LogP contribution in [0, 0.1) is 0 Å². The van der Waals surface area contributed by atoms with Crippen LogP contribution in [0.4, 0.5) is 5.69 Å². The summed E-state index contributed by atoms with van der Waals surface area (Å²) in [5.41, 5.74) is 0.223. The Labute approximate surface area is 103 Å². The highest BCUT2D eigenvalue weighted by Gasteiger charge is 2.15. The van der Waals surface area contributed by atoms with Gasteiger partial charge in [0.1, 0.15) is 4.90 Å². The molecule has 0 bridgehead atoms. The summed E-state index contributed by atoms with van der Waals surface area (Å²) in [4.78, 5) is 13.5. The number of hydrogen-bond acceptors (Lipinski definition) is 3. The first-order valence-electron chi connectivity index (χ1n) is 4.98. The molecule has 2 rings (SSSR count). The van der Waals surface area contributed by atoms with Gasteiger partial charge in [-0.25, -0.2) is 13.2 Å². The maximum Gasteiger partial charge on any atom is 0.335 e. The van der Waals surface area contributed by atoms with Crippen molar-refractivity contribution in [1.82, 2.24) is 4.98 Å². The van der Waals surface area contributed by atoms with Crippen molar-refractivity contribution in [3.05, 3.63) is 48.3 Å². The number of carboxylic acid groups (broad SMARTS) is 1. The molecule has 0 aliphatic heterocycles. The number of carboxylic acids is 1. The standard InChI is InChI=1S/C11H10N2O4S/c14-11(15)8-2-1-3-9(6-8)13-18(16,17)10-4-5-12-7-10/h1-7,12-13H,(H,14,15). The maximum atomic E-state index is 11.9. The second kappa shape index (κ2) is 4.53. The lowest BCUT2D eigenvalue weighted by Gasteiger charge is -2.06. The molecule has 0 aliphatic rings. The first kappa shape index (κ1) is 12.2. The van der Waals surface area contributed by atoms with Crippen molar-refractivity contribution in [3.63, 3.8) is 0 Å². The number of sulfonamides is 1. The second-order valence-corrected chi connectivity index (χ2v) is 5.22. The highest BCUT2D eigenvalue weighted by molar-refractivity contribution is 7.92. The van der Waals surface area contributed by atoms with E-state index in [2.05, 4.69) is 9.71 Å². The molecule has 0 amide bonds. The lowest BCUT2D eigenvalue weighted by Crippen LogP contribution is -2.12. The zero-order chi connectivity index (χ0) is 13.2. The zero-order valence-electron chi connectivity index (χ0n) is 9.12. The zero-order valence-corrected chi connectivity index (χ0v) is 9.94. The number of rotatable bonds is 4. The number of aromatic nitrogens is 1. The second-order valence-electron chi connectivity index (χ2n) is 3.54. The minimum atomic E-state index is -3.69. The van der Waals surface area contributed by atoms with Gasteiger partial charge in [-0.2, -0.15) is 0 Å². The van der Waals surface area contributed by atoms with E-state index in [4.69, 9.17) is 5.11 Å². The van der Waals surface area contributed by atoms with Crippen molar-refractivity contribution in [2.75, 3.05) is 4.72 Å². The molecule has 0 saturated carbocycles. The summed E-state index contributed by atoms with van der Waals surface area (Å²) in [6, 6.07) is 7.00. The van der Waals surface area contributed by atoms with Gasteiger partial charge in [0.05, 0.1) is 5.56 Å². The Morgan fingerprint density at radius 2 is 2.06 bits per heavy atom. The van der Waals surface area contributed by atoms with Gasteiger partial charge in [0.15, 0.2) is 0 Å². The van der Waals surface area contributed by atoms with E-state index < -0.39 is 16.0 Å². The molecule has 18 heavy (non-hydrogen) atoms. The fourth-order valence-corrected chi connectivity index (χ4v) is 2.43. The van der Waals surface area contributed by atoms with E-state index in [1.54, 1.807) is 0 Å². The van der Waals surface area contributed by atoms with Crippen LogP contribution in [0.3, 0.4) is 0 Å². The van der Waals surface area contributed by atoms with Crippen LogP contribution in [0.15, 0.2) is 47.6 Å². The van der Waals surface area contributed by atoms with Gasteiger partial charge in [-0.1, -0.05) is 6.07 Å². The Morgan fingerprint density at radius 1 is 1.28 bits per heavy atom. The van der Waals surface area contributed by atoms with E-state index in [0.717, 1.165) is 0 Å². The predicted octanol–water partition coefficient (Wildman–Crippen LogP) is 1.51. The average molecular weight is 266 g/mol. The molecule has 0 unspecified atom stereocenters. The fourth-order valence-electron chi connectivity index (χ4n) is 1.41. The van der Waals surface area contributed by atoms with Crippen molar-refractivity contribution >= 4 is 21.7 Å². The van der Waals surface area contributed by atoms with Gasteiger partial charge in [-0.3, -0.25) is 4.72 Å². The minimum Gasteiger partial charge on any atom is -0.478 e. The number of nitrogens with one attached hydrogen (secondary N) is 2. The molecule has 6 nitrogen and oxygen atoms in total. The van der Waals surface area contributed by atoms with Crippen LogP contribution in [0.25, 0.3) is 0 Å². The topological polar surface area (TPSA) is 99.3 Å². The molecule has 3 N–H and O–H groups in total. The molecule has 7 heteroatoms. The Balaban J connectivity index is 2.30. The largest absolute Gasteiger partial charge is 0.478 e. The van der Waals surface area contributed by atoms with E-state index in [9.17, 15) is 13.2 Å². The number of benzene rings is 1. The van der Waals surface area contributed by atoms with Crippen molar-refractivity contribution in [2.45, 2.75) is 4.90 Å². The molecule has 1 aromatic carbocycles. The van der Waals surface area contributed by atoms with Gasteiger partial charge >= 0.3 is 5.97 Å². The highest BCUT2D eigenvalue weighted by Crippen LogP contribution is 2.16. The molecule has 1 heterocycles. The third kappa shape index (κ3) is 2.51.